The minimum atomic E-state index is -4.55. The number of alkyl halides is 3. The molecular formula is C12H14F3N3O2. The molecule has 1 aromatic heterocycles. The van der Waals surface area contributed by atoms with Crippen LogP contribution in [0.25, 0.3) is 0 Å². The summed E-state index contributed by atoms with van der Waals surface area (Å²) in [6.45, 7) is 1.36. The number of hydrogen-bond acceptors (Lipinski definition) is 4. The summed E-state index contributed by atoms with van der Waals surface area (Å²) in [6, 6.07) is 0.410. The Morgan fingerprint density at radius 3 is 2.70 bits per heavy atom. The van der Waals surface area contributed by atoms with Crippen LogP contribution in [0.5, 0.6) is 0 Å². The summed E-state index contributed by atoms with van der Waals surface area (Å²) in [5.74, 6) is -1.53. The highest BCUT2D eigenvalue weighted by Crippen LogP contribution is 2.31. The highest BCUT2D eigenvalue weighted by molar-refractivity contribution is 5.72. The number of halogens is 3. The molecule has 0 unspecified atom stereocenters. The highest BCUT2D eigenvalue weighted by atomic mass is 19.4. The van der Waals surface area contributed by atoms with Crippen LogP contribution in [0.2, 0.25) is 0 Å². The molecule has 1 saturated carbocycles. The van der Waals surface area contributed by atoms with Crippen LogP contribution in [0, 0.1) is 12.8 Å². The molecule has 1 aromatic rings. The van der Waals surface area contributed by atoms with E-state index in [0.29, 0.717) is 12.8 Å². The van der Waals surface area contributed by atoms with Gasteiger partial charge in [0.05, 0.1) is 5.92 Å². The third-order valence-electron chi connectivity index (χ3n) is 3.29. The molecular weight excluding hydrogens is 275 g/mol. The summed E-state index contributed by atoms with van der Waals surface area (Å²) in [6.07, 6.45) is -2.71. The van der Waals surface area contributed by atoms with E-state index in [-0.39, 0.29) is 11.6 Å². The van der Waals surface area contributed by atoms with E-state index >= 15 is 0 Å². The maximum Gasteiger partial charge on any atom is 0.433 e. The predicted molar refractivity (Wildman–Crippen MR) is 64.2 cm³/mol. The average molecular weight is 289 g/mol. The number of nitrogens with one attached hydrogen (secondary N) is 1. The first-order valence-electron chi connectivity index (χ1n) is 6.19. The van der Waals surface area contributed by atoms with Gasteiger partial charge in [-0.3, -0.25) is 4.79 Å². The molecule has 1 aliphatic rings. The molecule has 0 amide bonds. The van der Waals surface area contributed by atoms with E-state index in [1.165, 1.54) is 6.92 Å². The second-order valence-electron chi connectivity index (χ2n) is 4.81. The average Bonchev–Trinajstić information content (AvgIpc) is 2.75. The van der Waals surface area contributed by atoms with E-state index in [4.69, 9.17) is 5.11 Å². The molecule has 0 aromatic carbocycles. The number of aliphatic carboxylic acids is 1. The maximum atomic E-state index is 12.7. The smallest absolute Gasteiger partial charge is 0.433 e. The molecule has 1 heterocycles. The first kappa shape index (κ1) is 14.5. The van der Waals surface area contributed by atoms with Crippen molar-refractivity contribution in [1.82, 2.24) is 9.97 Å². The van der Waals surface area contributed by atoms with Crippen LogP contribution >= 0.6 is 0 Å². The Labute approximate surface area is 113 Å². The van der Waals surface area contributed by atoms with Crippen molar-refractivity contribution >= 4 is 11.8 Å². The lowest BCUT2D eigenvalue weighted by atomic mass is 10.0. The van der Waals surface area contributed by atoms with Gasteiger partial charge in [-0.25, -0.2) is 9.97 Å². The fraction of sp³-hybridized carbons (Fsp3) is 0.583. The number of carbonyl (C=O) groups is 1. The first-order chi connectivity index (χ1) is 9.27. The molecule has 20 heavy (non-hydrogen) atoms. The van der Waals surface area contributed by atoms with Crippen molar-refractivity contribution in [3.63, 3.8) is 0 Å². The SMILES string of the molecule is Cc1nc(N[C@H]2CCC[C@H]2C(=O)O)cc(C(F)(F)F)n1. The summed E-state index contributed by atoms with van der Waals surface area (Å²) in [4.78, 5) is 18.3. The molecule has 0 saturated heterocycles. The molecule has 2 N–H and O–H groups in total. The van der Waals surface area contributed by atoms with Gasteiger partial charge in [0.2, 0.25) is 0 Å². The van der Waals surface area contributed by atoms with Gasteiger partial charge in [0.1, 0.15) is 17.3 Å². The van der Waals surface area contributed by atoms with Crippen LogP contribution in [-0.2, 0) is 11.0 Å². The normalized spacial score (nSPS) is 22.8. The Hall–Kier alpha value is -1.86. The fourth-order valence-corrected chi connectivity index (χ4v) is 2.41. The second-order valence-corrected chi connectivity index (χ2v) is 4.81. The van der Waals surface area contributed by atoms with Gasteiger partial charge in [-0.05, 0) is 19.8 Å². The minimum Gasteiger partial charge on any atom is -0.481 e. The Kier molecular flexibility index (Phi) is 3.82. The Bertz CT molecular complexity index is 519. The number of aryl methyl sites for hydroxylation is 1. The molecule has 1 fully saturated rings. The van der Waals surface area contributed by atoms with Gasteiger partial charge < -0.3 is 10.4 Å². The molecule has 0 bridgehead atoms. The summed E-state index contributed by atoms with van der Waals surface area (Å²) >= 11 is 0. The first-order valence-corrected chi connectivity index (χ1v) is 6.19. The fourth-order valence-electron chi connectivity index (χ4n) is 2.41. The third-order valence-corrected chi connectivity index (χ3v) is 3.29. The van der Waals surface area contributed by atoms with Gasteiger partial charge >= 0.3 is 12.1 Å². The van der Waals surface area contributed by atoms with Crippen molar-refractivity contribution in [2.75, 3.05) is 5.32 Å². The van der Waals surface area contributed by atoms with Crippen LogP contribution < -0.4 is 5.32 Å². The molecule has 5 nitrogen and oxygen atoms in total. The molecule has 1 aliphatic carbocycles. The Morgan fingerprint density at radius 2 is 2.10 bits per heavy atom. The molecule has 2 atom stereocenters. The van der Waals surface area contributed by atoms with Crippen molar-refractivity contribution in [2.45, 2.75) is 38.4 Å². The van der Waals surface area contributed by atoms with Crippen LogP contribution in [0.3, 0.4) is 0 Å². The predicted octanol–water partition coefficient (Wildman–Crippen LogP) is 2.47. The van der Waals surface area contributed by atoms with Gasteiger partial charge in [-0.15, -0.1) is 0 Å². The van der Waals surface area contributed by atoms with Crippen LogP contribution in [0.1, 0.15) is 30.8 Å². The Morgan fingerprint density at radius 1 is 1.40 bits per heavy atom. The van der Waals surface area contributed by atoms with Crippen LogP contribution in [0.15, 0.2) is 6.07 Å². The molecule has 0 radical (unpaired) electrons. The summed E-state index contributed by atoms with van der Waals surface area (Å²) in [5.41, 5.74) is -1.03. The minimum absolute atomic E-state index is 0.00723. The number of hydrogen-bond donors (Lipinski definition) is 2. The molecule has 110 valence electrons. The van der Waals surface area contributed by atoms with E-state index in [0.717, 1.165) is 12.5 Å². The Balaban J connectivity index is 2.21. The van der Waals surface area contributed by atoms with Gasteiger partial charge in [-0.2, -0.15) is 13.2 Å². The van der Waals surface area contributed by atoms with Crippen LogP contribution in [-0.4, -0.2) is 27.1 Å². The second kappa shape index (κ2) is 5.26. The number of aromatic nitrogens is 2. The lowest BCUT2D eigenvalue weighted by Crippen LogP contribution is -2.30. The van der Waals surface area contributed by atoms with E-state index in [1.54, 1.807) is 0 Å². The van der Waals surface area contributed by atoms with E-state index in [1.807, 2.05) is 0 Å². The number of anilines is 1. The highest BCUT2D eigenvalue weighted by Gasteiger charge is 2.35. The standard InChI is InChI=1S/C12H14F3N3O2/c1-6-16-9(12(13,14)15)5-10(17-6)18-8-4-2-3-7(8)11(19)20/h5,7-8H,2-4H2,1H3,(H,19,20)(H,16,17,18)/t7-,8+/m1/s1. The number of nitrogens with zero attached hydrogens (tertiary/aromatic N) is 2. The van der Waals surface area contributed by atoms with E-state index < -0.39 is 29.8 Å². The molecule has 8 heteroatoms. The van der Waals surface area contributed by atoms with E-state index in [2.05, 4.69) is 15.3 Å². The summed E-state index contributed by atoms with van der Waals surface area (Å²) < 4.78 is 38.0. The number of carboxylic acid groups (broad SMARTS) is 1. The van der Waals surface area contributed by atoms with E-state index in [9.17, 15) is 18.0 Å². The number of carboxylic acids is 1. The summed E-state index contributed by atoms with van der Waals surface area (Å²) in [7, 11) is 0. The number of rotatable bonds is 3. The largest absolute Gasteiger partial charge is 0.481 e. The molecule has 0 aliphatic heterocycles. The van der Waals surface area contributed by atoms with Gasteiger partial charge in [-0.1, -0.05) is 6.42 Å². The van der Waals surface area contributed by atoms with Crippen LogP contribution in [0.4, 0.5) is 19.0 Å². The zero-order valence-electron chi connectivity index (χ0n) is 10.7. The lowest BCUT2D eigenvalue weighted by Gasteiger charge is -2.19. The zero-order valence-corrected chi connectivity index (χ0v) is 10.7. The quantitative estimate of drug-likeness (QED) is 0.894. The van der Waals surface area contributed by atoms with Crippen molar-refractivity contribution < 1.29 is 23.1 Å². The van der Waals surface area contributed by atoms with Crippen molar-refractivity contribution in [3.05, 3.63) is 17.6 Å². The summed E-state index contributed by atoms with van der Waals surface area (Å²) in [5, 5.41) is 11.8. The van der Waals surface area contributed by atoms with Gasteiger partial charge in [0, 0.05) is 12.1 Å². The maximum absolute atomic E-state index is 12.7. The van der Waals surface area contributed by atoms with Crippen molar-refractivity contribution in [1.29, 1.82) is 0 Å². The van der Waals surface area contributed by atoms with Gasteiger partial charge in [0.25, 0.3) is 0 Å². The molecule has 2 rings (SSSR count). The molecule has 0 spiro atoms. The van der Waals surface area contributed by atoms with Gasteiger partial charge in [0.15, 0.2) is 0 Å². The lowest BCUT2D eigenvalue weighted by molar-refractivity contribution is -0.142. The van der Waals surface area contributed by atoms with Crippen molar-refractivity contribution in [3.8, 4) is 0 Å². The van der Waals surface area contributed by atoms with Crippen molar-refractivity contribution in [2.24, 2.45) is 5.92 Å². The topological polar surface area (TPSA) is 75.1 Å². The monoisotopic (exact) mass is 289 g/mol. The zero-order chi connectivity index (χ0) is 14.9. The third kappa shape index (κ3) is 3.17.